The van der Waals surface area contributed by atoms with Crippen LogP contribution in [0.25, 0.3) is 28.7 Å². The van der Waals surface area contributed by atoms with Gasteiger partial charge >= 0.3 is 0 Å². The number of allylic oxidation sites excluding steroid dienone is 1. The number of rotatable bonds is 5. The third-order valence-electron chi connectivity index (χ3n) is 4.84. The summed E-state index contributed by atoms with van der Waals surface area (Å²) >= 11 is 0. The van der Waals surface area contributed by atoms with Gasteiger partial charge in [-0.2, -0.15) is 10.1 Å². The normalized spacial score (nSPS) is 11.0. The molecule has 0 spiro atoms. The molecule has 2 aromatic heterocycles. The average Bonchev–Trinajstić information content (AvgIpc) is 3.32. The van der Waals surface area contributed by atoms with Gasteiger partial charge in [-0.3, -0.25) is 0 Å². The summed E-state index contributed by atoms with van der Waals surface area (Å²) in [5.41, 5.74) is 7.29. The summed E-state index contributed by atoms with van der Waals surface area (Å²) in [6.45, 7) is 10.0. The molecule has 0 saturated heterocycles. The van der Waals surface area contributed by atoms with Crippen LogP contribution in [0.2, 0.25) is 0 Å². The van der Waals surface area contributed by atoms with Crippen LogP contribution in [0.15, 0.2) is 65.7 Å². The zero-order valence-electron chi connectivity index (χ0n) is 16.3. The summed E-state index contributed by atoms with van der Waals surface area (Å²) < 4.78 is 7.39. The largest absolute Gasteiger partial charge is 0.332 e. The Bertz CT molecular complexity index is 1120. The van der Waals surface area contributed by atoms with Crippen LogP contribution in [0, 0.1) is 20.8 Å². The lowest BCUT2D eigenvalue weighted by Gasteiger charge is -2.09. The molecule has 0 atom stereocenters. The van der Waals surface area contributed by atoms with Crippen molar-refractivity contribution < 1.29 is 4.52 Å². The molecule has 0 saturated carbocycles. The lowest BCUT2D eigenvalue weighted by atomic mass is 9.97. The third kappa shape index (κ3) is 3.27. The molecule has 0 aliphatic rings. The maximum absolute atomic E-state index is 5.51. The highest BCUT2D eigenvalue weighted by Crippen LogP contribution is 2.27. The molecule has 4 aromatic rings. The molecule has 140 valence electrons. The minimum Gasteiger partial charge on any atom is -0.332 e. The molecule has 0 N–H and O–H groups in total. The fraction of sp³-hybridized carbons (Fsp3) is 0.174. The Labute approximate surface area is 164 Å². The first-order valence-electron chi connectivity index (χ1n) is 9.24. The van der Waals surface area contributed by atoms with Crippen molar-refractivity contribution in [2.24, 2.45) is 0 Å². The lowest BCUT2D eigenvalue weighted by Crippen LogP contribution is -1.98. The molecule has 0 fully saturated rings. The van der Waals surface area contributed by atoms with Gasteiger partial charge < -0.3 is 4.52 Å². The van der Waals surface area contributed by atoms with Crippen molar-refractivity contribution in [1.29, 1.82) is 0 Å². The Morgan fingerprint density at radius 2 is 1.75 bits per heavy atom. The van der Waals surface area contributed by atoms with Crippen molar-refractivity contribution in [3.8, 4) is 28.7 Å². The van der Waals surface area contributed by atoms with E-state index in [2.05, 4.69) is 47.8 Å². The van der Waals surface area contributed by atoms with Crippen molar-refractivity contribution >= 4 is 0 Å². The quantitative estimate of drug-likeness (QED) is 0.451. The molecular formula is C23H22N4O. The predicted molar refractivity (Wildman–Crippen MR) is 110 cm³/mol. The number of para-hydroxylation sites is 1. The molecule has 28 heavy (non-hydrogen) atoms. The molecule has 0 unspecified atom stereocenters. The van der Waals surface area contributed by atoms with E-state index in [1.54, 1.807) is 0 Å². The molecule has 0 amide bonds. The summed E-state index contributed by atoms with van der Waals surface area (Å²) in [6.07, 6.45) is 2.78. The van der Waals surface area contributed by atoms with Gasteiger partial charge in [-0.15, -0.1) is 6.58 Å². The Morgan fingerprint density at radius 3 is 2.43 bits per heavy atom. The monoisotopic (exact) mass is 370 g/mol. The maximum atomic E-state index is 5.51. The van der Waals surface area contributed by atoms with E-state index in [1.165, 1.54) is 16.7 Å². The SMILES string of the molecule is C=CCc1c(C)cc(-c2noc(-c3cc(C)n(-c4ccccc4)n3)n2)cc1C. The number of benzene rings is 2. The van der Waals surface area contributed by atoms with Crippen LogP contribution in [0.5, 0.6) is 0 Å². The highest BCUT2D eigenvalue weighted by molar-refractivity contribution is 5.61. The zero-order valence-corrected chi connectivity index (χ0v) is 16.3. The van der Waals surface area contributed by atoms with Crippen molar-refractivity contribution in [3.05, 3.63) is 83.6 Å². The minimum atomic E-state index is 0.415. The number of nitrogens with zero attached hydrogens (tertiary/aromatic N) is 4. The number of hydrogen-bond donors (Lipinski definition) is 0. The molecule has 2 aromatic carbocycles. The van der Waals surface area contributed by atoms with E-state index in [0.717, 1.165) is 23.4 Å². The smallest absolute Gasteiger partial charge is 0.278 e. The van der Waals surface area contributed by atoms with E-state index < -0.39 is 0 Å². The molecule has 0 aliphatic heterocycles. The van der Waals surface area contributed by atoms with Gasteiger partial charge in [-0.05, 0) is 74.2 Å². The summed E-state index contributed by atoms with van der Waals surface area (Å²) in [5.74, 6) is 0.983. The summed E-state index contributed by atoms with van der Waals surface area (Å²) in [5, 5.41) is 8.82. The fourth-order valence-corrected chi connectivity index (χ4v) is 3.44. The number of hydrogen-bond acceptors (Lipinski definition) is 4. The number of aromatic nitrogens is 4. The van der Waals surface area contributed by atoms with Crippen LogP contribution in [-0.4, -0.2) is 19.9 Å². The first-order valence-corrected chi connectivity index (χ1v) is 9.24. The Kier molecular flexibility index (Phi) is 4.65. The predicted octanol–water partition coefficient (Wildman–Crippen LogP) is 5.24. The van der Waals surface area contributed by atoms with Crippen LogP contribution in [0.1, 0.15) is 22.4 Å². The van der Waals surface area contributed by atoms with Gasteiger partial charge in [0, 0.05) is 11.3 Å². The lowest BCUT2D eigenvalue weighted by molar-refractivity contribution is 0.430. The van der Waals surface area contributed by atoms with E-state index in [-0.39, 0.29) is 0 Å². The van der Waals surface area contributed by atoms with Crippen LogP contribution >= 0.6 is 0 Å². The van der Waals surface area contributed by atoms with Gasteiger partial charge in [-0.25, -0.2) is 4.68 Å². The maximum Gasteiger partial charge on any atom is 0.278 e. The average molecular weight is 370 g/mol. The highest BCUT2D eigenvalue weighted by Gasteiger charge is 2.16. The second-order valence-corrected chi connectivity index (χ2v) is 6.92. The molecule has 0 bridgehead atoms. The number of aryl methyl sites for hydroxylation is 3. The van der Waals surface area contributed by atoms with Crippen molar-refractivity contribution in [2.45, 2.75) is 27.2 Å². The summed E-state index contributed by atoms with van der Waals surface area (Å²) in [4.78, 5) is 4.58. The summed E-state index contributed by atoms with van der Waals surface area (Å²) in [7, 11) is 0. The van der Waals surface area contributed by atoms with Gasteiger partial charge in [0.05, 0.1) is 5.69 Å². The van der Waals surface area contributed by atoms with Crippen LogP contribution < -0.4 is 0 Å². The molecule has 4 rings (SSSR count). The Balaban J connectivity index is 1.68. The minimum absolute atomic E-state index is 0.415. The van der Waals surface area contributed by atoms with E-state index in [4.69, 9.17) is 4.52 Å². The first-order chi connectivity index (χ1) is 13.6. The van der Waals surface area contributed by atoms with Crippen LogP contribution in [0.4, 0.5) is 0 Å². The fourth-order valence-electron chi connectivity index (χ4n) is 3.44. The second kappa shape index (κ2) is 7.27. The molecular weight excluding hydrogens is 348 g/mol. The van der Waals surface area contributed by atoms with Crippen LogP contribution in [-0.2, 0) is 6.42 Å². The summed E-state index contributed by atoms with van der Waals surface area (Å²) in [6, 6.07) is 16.1. The van der Waals surface area contributed by atoms with E-state index >= 15 is 0 Å². The highest BCUT2D eigenvalue weighted by atomic mass is 16.5. The first kappa shape index (κ1) is 17.9. The topological polar surface area (TPSA) is 56.7 Å². The van der Waals surface area contributed by atoms with Gasteiger partial charge in [0.25, 0.3) is 5.89 Å². The van der Waals surface area contributed by atoms with E-state index in [0.29, 0.717) is 17.4 Å². The van der Waals surface area contributed by atoms with E-state index in [9.17, 15) is 0 Å². The third-order valence-corrected chi connectivity index (χ3v) is 4.84. The van der Waals surface area contributed by atoms with Crippen molar-refractivity contribution in [3.63, 3.8) is 0 Å². The Hall–Kier alpha value is -3.47. The Morgan fingerprint density at radius 1 is 1.04 bits per heavy atom. The van der Waals surface area contributed by atoms with Crippen molar-refractivity contribution in [1.82, 2.24) is 19.9 Å². The van der Waals surface area contributed by atoms with Crippen LogP contribution in [0.3, 0.4) is 0 Å². The van der Waals surface area contributed by atoms with Gasteiger partial charge in [0.1, 0.15) is 0 Å². The standard InChI is InChI=1S/C23H22N4O/c1-5-9-20-15(2)12-18(13-16(20)3)22-24-23(28-26-22)21-14-17(4)27(25-21)19-10-7-6-8-11-19/h5-8,10-14H,1,9H2,2-4H3. The molecule has 2 heterocycles. The molecule has 0 radical (unpaired) electrons. The van der Waals surface area contributed by atoms with Crippen molar-refractivity contribution in [2.75, 3.05) is 0 Å². The molecule has 5 nitrogen and oxygen atoms in total. The zero-order chi connectivity index (χ0) is 19.7. The van der Waals surface area contributed by atoms with Gasteiger partial charge in [-0.1, -0.05) is 29.4 Å². The second-order valence-electron chi connectivity index (χ2n) is 6.92. The van der Waals surface area contributed by atoms with Gasteiger partial charge in [0.15, 0.2) is 5.69 Å². The van der Waals surface area contributed by atoms with Gasteiger partial charge in [0.2, 0.25) is 5.82 Å². The van der Waals surface area contributed by atoms with E-state index in [1.807, 2.05) is 54.1 Å². The molecule has 5 heteroatoms. The molecule has 0 aliphatic carbocycles.